The Morgan fingerprint density at radius 1 is 0.964 bits per heavy atom. The second-order valence-corrected chi connectivity index (χ2v) is 6.03. The number of para-hydroxylation sites is 1. The Labute approximate surface area is 157 Å². The number of halogens is 3. The molecule has 0 spiro atoms. The van der Waals surface area contributed by atoms with E-state index in [2.05, 4.69) is 15.4 Å². The molecular formula is C20H13F3N4O. The quantitative estimate of drug-likeness (QED) is 0.560. The Bertz CT molecular complexity index is 1150. The summed E-state index contributed by atoms with van der Waals surface area (Å²) < 4.78 is 40.2. The third kappa shape index (κ3) is 3.44. The van der Waals surface area contributed by atoms with Crippen LogP contribution in [0.15, 0.2) is 72.9 Å². The van der Waals surface area contributed by atoms with E-state index in [1.54, 1.807) is 36.4 Å². The van der Waals surface area contributed by atoms with Crippen LogP contribution < -0.4 is 5.32 Å². The Morgan fingerprint density at radius 2 is 1.75 bits per heavy atom. The van der Waals surface area contributed by atoms with Crippen molar-refractivity contribution in [1.82, 2.24) is 14.6 Å². The van der Waals surface area contributed by atoms with Crippen molar-refractivity contribution in [2.45, 2.75) is 6.18 Å². The highest BCUT2D eigenvalue weighted by Gasteiger charge is 2.30. The zero-order chi connectivity index (χ0) is 19.7. The Balaban J connectivity index is 1.72. The maximum absolute atomic E-state index is 13.0. The predicted octanol–water partition coefficient (Wildman–Crippen LogP) is 4.67. The Morgan fingerprint density at radius 3 is 2.50 bits per heavy atom. The first kappa shape index (κ1) is 17.7. The fourth-order valence-electron chi connectivity index (χ4n) is 2.75. The normalized spacial score (nSPS) is 11.5. The molecule has 28 heavy (non-hydrogen) atoms. The molecule has 0 aliphatic heterocycles. The molecule has 0 radical (unpaired) electrons. The second-order valence-electron chi connectivity index (χ2n) is 6.03. The first-order valence-corrected chi connectivity index (χ1v) is 8.31. The van der Waals surface area contributed by atoms with Gasteiger partial charge in [-0.1, -0.05) is 30.3 Å². The van der Waals surface area contributed by atoms with Crippen LogP contribution in [-0.4, -0.2) is 20.5 Å². The molecule has 1 N–H and O–H groups in total. The zero-order valence-corrected chi connectivity index (χ0v) is 14.3. The molecule has 0 aliphatic rings. The Kier molecular flexibility index (Phi) is 4.31. The van der Waals surface area contributed by atoms with Crippen LogP contribution in [-0.2, 0) is 6.18 Å². The van der Waals surface area contributed by atoms with Crippen LogP contribution >= 0.6 is 0 Å². The number of nitrogens with zero attached hydrogens (tertiary/aromatic N) is 3. The van der Waals surface area contributed by atoms with Crippen molar-refractivity contribution in [3.8, 4) is 11.3 Å². The van der Waals surface area contributed by atoms with Gasteiger partial charge < -0.3 is 5.32 Å². The van der Waals surface area contributed by atoms with Gasteiger partial charge in [-0.2, -0.15) is 18.3 Å². The topological polar surface area (TPSA) is 59.3 Å². The van der Waals surface area contributed by atoms with Crippen LogP contribution in [0.5, 0.6) is 0 Å². The number of fused-ring (bicyclic) bond motifs is 1. The summed E-state index contributed by atoms with van der Waals surface area (Å²) in [4.78, 5) is 16.7. The minimum absolute atomic E-state index is 0.174. The third-order valence-electron chi connectivity index (χ3n) is 4.11. The number of nitrogens with one attached hydrogen (secondary N) is 1. The van der Waals surface area contributed by atoms with Crippen LogP contribution in [0.1, 0.15) is 16.1 Å². The summed E-state index contributed by atoms with van der Waals surface area (Å²) in [7, 11) is 0. The van der Waals surface area contributed by atoms with E-state index in [-0.39, 0.29) is 5.69 Å². The van der Waals surface area contributed by atoms with Gasteiger partial charge in [0.15, 0.2) is 11.3 Å². The van der Waals surface area contributed by atoms with Crippen molar-refractivity contribution in [3.05, 3.63) is 84.2 Å². The Hall–Kier alpha value is -3.68. The number of anilines is 1. The molecule has 0 bridgehead atoms. The van der Waals surface area contributed by atoms with Crippen molar-refractivity contribution >= 4 is 17.2 Å². The molecule has 0 unspecified atom stereocenters. The van der Waals surface area contributed by atoms with Gasteiger partial charge in [-0.3, -0.25) is 4.79 Å². The predicted molar refractivity (Wildman–Crippen MR) is 97.8 cm³/mol. The number of benzene rings is 2. The van der Waals surface area contributed by atoms with Gasteiger partial charge in [-0.25, -0.2) is 9.50 Å². The fourth-order valence-corrected chi connectivity index (χ4v) is 2.75. The van der Waals surface area contributed by atoms with Crippen LogP contribution in [0.3, 0.4) is 0 Å². The summed E-state index contributed by atoms with van der Waals surface area (Å²) in [5, 5.41) is 7.05. The molecule has 0 aliphatic carbocycles. The molecule has 0 saturated heterocycles. The highest BCUT2D eigenvalue weighted by molar-refractivity contribution is 6.03. The largest absolute Gasteiger partial charge is 0.416 e. The highest BCUT2D eigenvalue weighted by atomic mass is 19.4. The van der Waals surface area contributed by atoms with E-state index < -0.39 is 17.6 Å². The van der Waals surface area contributed by atoms with E-state index in [4.69, 9.17) is 0 Å². The first-order chi connectivity index (χ1) is 13.4. The van der Waals surface area contributed by atoms with Crippen LogP contribution in [0.4, 0.5) is 18.9 Å². The number of imidazole rings is 1. The number of carbonyl (C=O) groups is 1. The van der Waals surface area contributed by atoms with E-state index in [1.807, 2.05) is 6.07 Å². The zero-order valence-electron chi connectivity index (χ0n) is 14.3. The van der Waals surface area contributed by atoms with Gasteiger partial charge in [0, 0.05) is 11.3 Å². The molecule has 140 valence electrons. The van der Waals surface area contributed by atoms with Crippen molar-refractivity contribution < 1.29 is 18.0 Å². The molecular weight excluding hydrogens is 369 g/mol. The summed E-state index contributed by atoms with van der Waals surface area (Å²) in [5.41, 5.74) is 1.02. The van der Waals surface area contributed by atoms with Gasteiger partial charge >= 0.3 is 6.18 Å². The van der Waals surface area contributed by atoms with E-state index in [0.29, 0.717) is 22.6 Å². The van der Waals surface area contributed by atoms with Gasteiger partial charge in [0.2, 0.25) is 0 Å². The number of alkyl halides is 3. The number of hydrogen-bond donors (Lipinski definition) is 1. The summed E-state index contributed by atoms with van der Waals surface area (Å²) in [6.45, 7) is 0. The molecule has 8 heteroatoms. The molecule has 5 nitrogen and oxygen atoms in total. The molecule has 0 saturated carbocycles. The summed E-state index contributed by atoms with van der Waals surface area (Å²) in [5.74, 6) is -0.424. The average Bonchev–Trinajstić information content (AvgIpc) is 3.11. The maximum Gasteiger partial charge on any atom is 0.416 e. The minimum atomic E-state index is -4.45. The monoisotopic (exact) mass is 382 g/mol. The standard InChI is InChI=1S/C20H13F3N4O/c21-20(22,23)14-6-4-5-13(11-14)16-9-10-18-24-12-17(27(18)26-16)19(28)25-15-7-2-1-3-8-15/h1-12H,(H,25,28). The SMILES string of the molecule is O=C(Nc1ccccc1)c1cnc2ccc(-c3cccc(C(F)(F)F)c3)nn12. The molecule has 2 aromatic carbocycles. The van der Waals surface area contributed by atoms with E-state index in [1.165, 1.54) is 22.8 Å². The number of carbonyl (C=O) groups excluding carboxylic acids is 1. The lowest BCUT2D eigenvalue weighted by molar-refractivity contribution is -0.137. The highest BCUT2D eigenvalue weighted by Crippen LogP contribution is 2.31. The third-order valence-corrected chi connectivity index (χ3v) is 4.11. The van der Waals surface area contributed by atoms with Gasteiger partial charge in [-0.15, -0.1) is 0 Å². The minimum Gasteiger partial charge on any atom is -0.321 e. The summed E-state index contributed by atoms with van der Waals surface area (Å²) >= 11 is 0. The van der Waals surface area contributed by atoms with Crippen molar-refractivity contribution in [2.75, 3.05) is 5.32 Å². The van der Waals surface area contributed by atoms with E-state index >= 15 is 0 Å². The molecule has 2 heterocycles. The van der Waals surface area contributed by atoms with Crippen LogP contribution in [0.2, 0.25) is 0 Å². The average molecular weight is 382 g/mol. The van der Waals surface area contributed by atoms with Gasteiger partial charge in [0.1, 0.15) is 0 Å². The molecule has 1 amide bonds. The number of rotatable bonds is 3. The smallest absolute Gasteiger partial charge is 0.321 e. The fraction of sp³-hybridized carbons (Fsp3) is 0.0500. The van der Waals surface area contributed by atoms with E-state index in [9.17, 15) is 18.0 Å². The summed E-state index contributed by atoms with van der Waals surface area (Å²) in [6, 6.07) is 16.9. The lowest BCUT2D eigenvalue weighted by atomic mass is 10.1. The van der Waals surface area contributed by atoms with Gasteiger partial charge in [0.25, 0.3) is 5.91 Å². The van der Waals surface area contributed by atoms with Gasteiger partial charge in [-0.05, 0) is 36.4 Å². The first-order valence-electron chi connectivity index (χ1n) is 8.31. The van der Waals surface area contributed by atoms with Crippen molar-refractivity contribution in [1.29, 1.82) is 0 Å². The lowest BCUT2D eigenvalue weighted by Crippen LogP contribution is -2.15. The molecule has 4 aromatic rings. The number of amides is 1. The summed E-state index contributed by atoms with van der Waals surface area (Å²) in [6.07, 6.45) is -3.08. The molecule has 0 fully saturated rings. The number of aromatic nitrogens is 3. The van der Waals surface area contributed by atoms with E-state index in [0.717, 1.165) is 12.1 Å². The van der Waals surface area contributed by atoms with Crippen molar-refractivity contribution in [3.63, 3.8) is 0 Å². The lowest BCUT2D eigenvalue weighted by Gasteiger charge is -2.09. The van der Waals surface area contributed by atoms with Crippen LogP contribution in [0, 0.1) is 0 Å². The maximum atomic E-state index is 13.0. The van der Waals surface area contributed by atoms with Crippen LogP contribution in [0.25, 0.3) is 16.9 Å². The molecule has 4 rings (SSSR count). The second kappa shape index (κ2) is 6.80. The number of hydrogen-bond acceptors (Lipinski definition) is 3. The van der Waals surface area contributed by atoms with Crippen molar-refractivity contribution in [2.24, 2.45) is 0 Å². The molecule has 2 aromatic heterocycles. The van der Waals surface area contributed by atoms with Gasteiger partial charge in [0.05, 0.1) is 17.5 Å². The molecule has 0 atom stereocenters.